The molecule has 3 nitrogen and oxygen atoms in total. The second kappa shape index (κ2) is 6.67. The first-order valence-electron chi connectivity index (χ1n) is 7.78. The third kappa shape index (κ3) is 3.59. The smallest absolute Gasteiger partial charge is 0.162 e. The summed E-state index contributed by atoms with van der Waals surface area (Å²) in [6, 6.07) is 12.5. The van der Waals surface area contributed by atoms with Crippen molar-refractivity contribution in [3.63, 3.8) is 0 Å². The van der Waals surface area contributed by atoms with Gasteiger partial charge in [-0.15, -0.1) is 5.54 Å². The number of likely N-dealkylation sites (N-methyl/N-ethyl adjacent to an activating group) is 1. The van der Waals surface area contributed by atoms with E-state index in [0.717, 1.165) is 12.8 Å². The Morgan fingerprint density at radius 2 is 2.05 bits per heavy atom. The quantitative estimate of drug-likeness (QED) is 0.527. The van der Waals surface area contributed by atoms with Gasteiger partial charge in [0.1, 0.15) is 5.60 Å². The van der Waals surface area contributed by atoms with E-state index in [1.165, 1.54) is 5.19 Å². The predicted octanol–water partition coefficient (Wildman–Crippen LogP) is 1.88. The van der Waals surface area contributed by atoms with Gasteiger partial charge in [0, 0.05) is 0 Å². The lowest BCUT2D eigenvalue weighted by atomic mass is 9.98. The molecule has 1 aromatic carbocycles. The van der Waals surface area contributed by atoms with E-state index in [0.29, 0.717) is 13.0 Å². The zero-order valence-corrected chi connectivity index (χ0v) is 14.6. The van der Waals surface area contributed by atoms with E-state index in [4.69, 9.17) is 5.26 Å². The summed E-state index contributed by atoms with van der Waals surface area (Å²) in [5.41, 5.74) is 2.43. The Hall–Kier alpha value is -1.59. The molecular weight excluding hydrogens is 288 g/mol. The van der Waals surface area contributed by atoms with Gasteiger partial charge >= 0.3 is 0 Å². The molecule has 1 fully saturated rings. The first kappa shape index (κ1) is 16.8. The van der Waals surface area contributed by atoms with Crippen LogP contribution in [0.2, 0.25) is 13.1 Å². The van der Waals surface area contributed by atoms with Gasteiger partial charge in [-0.3, -0.25) is 4.90 Å². The molecule has 0 bridgehead atoms. The van der Waals surface area contributed by atoms with Crippen LogP contribution in [-0.2, 0) is 0 Å². The van der Waals surface area contributed by atoms with Crippen LogP contribution in [0.4, 0.5) is 0 Å². The van der Waals surface area contributed by atoms with Crippen molar-refractivity contribution in [1.29, 1.82) is 5.26 Å². The van der Waals surface area contributed by atoms with Gasteiger partial charge in [0.15, 0.2) is 8.07 Å². The first-order valence-corrected chi connectivity index (χ1v) is 10.8. The summed E-state index contributed by atoms with van der Waals surface area (Å²) in [6.07, 6.45) is 2.55. The molecule has 0 aromatic heterocycles. The molecular formula is C18H24N2OSi. The number of aliphatic hydroxyl groups is 1. The van der Waals surface area contributed by atoms with Crippen molar-refractivity contribution >= 4 is 13.3 Å². The molecule has 116 valence electrons. The molecule has 0 aliphatic heterocycles. The van der Waals surface area contributed by atoms with Crippen molar-refractivity contribution in [3.05, 3.63) is 30.3 Å². The summed E-state index contributed by atoms with van der Waals surface area (Å²) in [5, 5.41) is 21.1. The second-order valence-corrected chi connectivity index (χ2v) is 10.7. The Morgan fingerprint density at radius 3 is 2.68 bits per heavy atom. The summed E-state index contributed by atoms with van der Waals surface area (Å²) in [5.74, 6) is 3.20. The maximum Gasteiger partial charge on any atom is 0.162 e. The van der Waals surface area contributed by atoms with E-state index < -0.39 is 13.7 Å². The largest absolute Gasteiger partial charge is 0.376 e. The summed E-state index contributed by atoms with van der Waals surface area (Å²) in [6.45, 7) is 4.75. The van der Waals surface area contributed by atoms with Crippen LogP contribution in [0, 0.1) is 22.8 Å². The van der Waals surface area contributed by atoms with Gasteiger partial charge in [-0.25, -0.2) is 0 Å². The lowest BCUT2D eigenvalue weighted by Crippen LogP contribution is -2.48. The molecule has 0 heterocycles. The zero-order valence-electron chi connectivity index (χ0n) is 13.6. The van der Waals surface area contributed by atoms with Crippen molar-refractivity contribution in [1.82, 2.24) is 4.90 Å². The van der Waals surface area contributed by atoms with Crippen LogP contribution in [0.15, 0.2) is 30.3 Å². The van der Waals surface area contributed by atoms with Crippen LogP contribution in [0.1, 0.15) is 19.3 Å². The van der Waals surface area contributed by atoms with Crippen LogP contribution in [-0.4, -0.2) is 43.3 Å². The van der Waals surface area contributed by atoms with E-state index in [9.17, 15) is 5.11 Å². The van der Waals surface area contributed by atoms with Crippen molar-refractivity contribution in [3.8, 4) is 17.5 Å². The van der Waals surface area contributed by atoms with Gasteiger partial charge in [0.2, 0.25) is 0 Å². The molecule has 1 unspecified atom stereocenters. The highest BCUT2D eigenvalue weighted by Crippen LogP contribution is 2.32. The van der Waals surface area contributed by atoms with Gasteiger partial charge in [-0.1, -0.05) is 49.3 Å². The molecule has 4 heteroatoms. The van der Waals surface area contributed by atoms with Gasteiger partial charge in [-0.2, -0.15) is 5.26 Å². The van der Waals surface area contributed by atoms with Crippen LogP contribution in [0.25, 0.3) is 0 Å². The predicted molar refractivity (Wildman–Crippen MR) is 92.2 cm³/mol. The molecule has 0 amide bonds. The molecule has 1 aliphatic carbocycles. The number of benzene rings is 1. The zero-order chi connectivity index (χ0) is 16.2. The lowest BCUT2D eigenvalue weighted by molar-refractivity contribution is 0.0342. The van der Waals surface area contributed by atoms with Crippen LogP contribution >= 0.6 is 0 Å². The highest BCUT2D eigenvalue weighted by atomic mass is 28.3. The van der Waals surface area contributed by atoms with E-state index >= 15 is 0 Å². The molecule has 22 heavy (non-hydrogen) atoms. The minimum Gasteiger partial charge on any atom is -0.376 e. The molecule has 2 atom stereocenters. The van der Waals surface area contributed by atoms with Crippen LogP contribution in [0.3, 0.4) is 0 Å². The molecule has 0 saturated heterocycles. The van der Waals surface area contributed by atoms with Crippen molar-refractivity contribution in [2.24, 2.45) is 0 Å². The van der Waals surface area contributed by atoms with Crippen LogP contribution < -0.4 is 5.19 Å². The normalized spacial score (nSPS) is 24.6. The fourth-order valence-electron chi connectivity index (χ4n) is 3.11. The Kier molecular flexibility index (Phi) is 5.08. The third-order valence-electron chi connectivity index (χ3n) is 4.53. The summed E-state index contributed by atoms with van der Waals surface area (Å²) < 4.78 is 0. The summed E-state index contributed by atoms with van der Waals surface area (Å²) in [7, 11) is 0.0130. The molecule has 1 N–H and O–H groups in total. The maximum absolute atomic E-state index is 11.0. The standard InChI is InChI=1S/C18H24N2OSi/c1-20(14-13-19)17-10-7-11-18(17,21)12-15-22(2,3)16-8-5-4-6-9-16/h4-6,8-9,17,21H,7,10-11,14H2,1-3H3/t17?,18-/m0/s1. The fourth-order valence-corrected chi connectivity index (χ4v) is 4.81. The third-order valence-corrected chi connectivity index (χ3v) is 7.05. The lowest BCUT2D eigenvalue weighted by Gasteiger charge is -2.31. The fraction of sp³-hybridized carbons (Fsp3) is 0.500. The highest BCUT2D eigenvalue weighted by molar-refractivity contribution is 6.96. The van der Waals surface area contributed by atoms with E-state index in [-0.39, 0.29) is 6.04 Å². The summed E-state index contributed by atoms with van der Waals surface area (Å²) >= 11 is 0. The molecule has 1 saturated carbocycles. The van der Waals surface area contributed by atoms with E-state index in [2.05, 4.69) is 42.8 Å². The maximum atomic E-state index is 11.0. The number of hydrogen-bond donors (Lipinski definition) is 1. The number of nitrogens with zero attached hydrogens (tertiary/aromatic N) is 2. The first-order chi connectivity index (χ1) is 10.4. The molecule has 1 aliphatic rings. The molecule has 1 aromatic rings. The topological polar surface area (TPSA) is 47.3 Å². The number of hydrogen-bond acceptors (Lipinski definition) is 3. The van der Waals surface area contributed by atoms with Gasteiger partial charge in [-0.05, 0) is 31.5 Å². The Bertz CT molecular complexity index is 611. The molecule has 0 spiro atoms. The van der Waals surface area contributed by atoms with Crippen LogP contribution in [0.5, 0.6) is 0 Å². The average Bonchev–Trinajstić information content (AvgIpc) is 2.89. The van der Waals surface area contributed by atoms with Gasteiger partial charge in [0.25, 0.3) is 0 Å². The van der Waals surface area contributed by atoms with E-state index in [1.54, 1.807) is 0 Å². The Balaban J connectivity index is 2.24. The SMILES string of the molecule is CN(CC#N)C1CCC[C@]1(O)C#C[Si](C)(C)c1ccccc1. The summed E-state index contributed by atoms with van der Waals surface area (Å²) in [4.78, 5) is 1.93. The van der Waals surface area contributed by atoms with Gasteiger partial charge in [0.05, 0.1) is 18.7 Å². The van der Waals surface area contributed by atoms with Crippen molar-refractivity contribution in [2.75, 3.05) is 13.6 Å². The Labute approximate surface area is 134 Å². The van der Waals surface area contributed by atoms with Gasteiger partial charge < -0.3 is 5.11 Å². The minimum atomic E-state index is -1.88. The van der Waals surface area contributed by atoms with Crippen molar-refractivity contribution in [2.45, 2.75) is 44.0 Å². The number of nitriles is 1. The second-order valence-electron chi connectivity index (χ2n) is 6.65. The van der Waals surface area contributed by atoms with E-state index in [1.807, 2.05) is 30.1 Å². The average molecular weight is 312 g/mol. The number of rotatable bonds is 3. The highest BCUT2D eigenvalue weighted by Gasteiger charge is 2.42. The minimum absolute atomic E-state index is 0.0415. The van der Waals surface area contributed by atoms with Crippen molar-refractivity contribution < 1.29 is 5.11 Å². The Morgan fingerprint density at radius 1 is 1.36 bits per heavy atom. The molecule has 0 radical (unpaired) electrons. The molecule has 2 rings (SSSR count). The monoisotopic (exact) mass is 312 g/mol.